The number of aromatic nitrogens is 1. The van der Waals surface area contributed by atoms with E-state index in [1.165, 1.54) is 10.9 Å². The summed E-state index contributed by atoms with van der Waals surface area (Å²) >= 11 is 0. The van der Waals surface area contributed by atoms with E-state index in [9.17, 15) is 9.59 Å². The molecule has 0 saturated carbocycles. The zero-order chi connectivity index (χ0) is 20.8. The molecule has 1 aromatic heterocycles. The number of carbonyl (C=O) groups is 2. The van der Waals surface area contributed by atoms with Gasteiger partial charge in [0.25, 0.3) is 5.91 Å². The van der Waals surface area contributed by atoms with Crippen molar-refractivity contribution in [2.45, 2.75) is 25.7 Å². The molecule has 0 saturated heterocycles. The van der Waals surface area contributed by atoms with E-state index < -0.39 is 5.91 Å². The Kier molecular flexibility index (Phi) is 6.17. The zero-order valence-corrected chi connectivity index (χ0v) is 16.6. The molecule has 3 aromatic rings. The lowest BCUT2D eigenvalue weighted by molar-refractivity contribution is -0.147. The molecule has 0 fully saturated rings. The van der Waals surface area contributed by atoms with E-state index >= 15 is 0 Å². The van der Waals surface area contributed by atoms with Crippen molar-refractivity contribution in [1.29, 1.82) is 0 Å². The van der Waals surface area contributed by atoms with Crippen molar-refractivity contribution in [3.05, 3.63) is 54.2 Å². The summed E-state index contributed by atoms with van der Waals surface area (Å²) in [5.74, 6) is 0.477. The van der Waals surface area contributed by atoms with E-state index in [2.05, 4.69) is 16.4 Å². The van der Waals surface area contributed by atoms with Crippen LogP contribution in [0.15, 0.2) is 48.7 Å². The van der Waals surface area contributed by atoms with Crippen molar-refractivity contribution in [3.8, 4) is 11.5 Å². The molecule has 156 valence electrons. The molecular formula is C23H24N2O5. The quantitative estimate of drug-likeness (QED) is 0.580. The fourth-order valence-corrected chi connectivity index (χ4v) is 3.42. The highest BCUT2D eigenvalue weighted by Gasteiger charge is 2.13. The number of anilines is 1. The predicted octanol–water partition coefficient (Wildman–Crippen LogP) is 3.83. The number of hydrogen-bond acceptors (Lipinski definition) is 5. The number of benzene rings is 2. The number of para-hydroxylation sites is 1. The van der Waals surface area contributed by atoms with E-state index in [1.54, 1.807) is 18.2 Å². The number of carbonyl (C=O) groups excluding carboxylic acids is 2. The number of aromatic amines is 1. The maximum atomic E-state index is 12.1. The number of aryl methyl sites for hydroxylation is 1. The minimum Gasteiger partial charge on any atom is -0.490 e. The van der Waals surface area contributed by atoms with Crippen LogP contribution in [0, 0.1) is 0 Å². The van der Waals surface area contributed by atoms with Crippen LogP contribution in [0.4, 0.5) is 5.69 Å². The molecule has 1 aliphatic rings. The lowest BCUT2D eigenvalue weighted by Gasteiger charge is -2.10. The third-order valence-electron chi connectivity index (χ3n) is 4.90. The van der Waals surface area contributed by atoms with Gasteiger partial charge in [0.05, 0.1) is 13.2 Å². The minimum absolute atomic E-state index is 0.261. The lowest BCUT2D eigenvalue weighted by Crippen LogP contribution is -2.20. The largest absolute Gasteiger partial charge is 0.490 e. The highest BCUT2D eigenvalue weighted by molar-refractivity contribution is 5.93. The summed E-state index contributed by atoms with van der Waals surface area (Å²) in [6.07, 6.45) is 4.47. The van der Waals surface area contributed by atoms with E-state index in [4.69, 9.17) is 14.2 Å². The molecule has 0 bridgehead atoms. The average Bonchev–Trinajstić information content (AvgIpc) is 3.01. The van der Waals surface area contributed by atoms with Crippen LogP contribution in [-0.2, 0) is 20.7 Å². The minimum atomic E-state index is -0.394. The first-order chi connectivity index (χ1) is 14.7. The molecule has 7 nitrogen and oxygen atoms in total. The van der Waals surface area contributed by atoms with Gasteiger partial charge in [-0.15, -0.1) is 0 Å². The molecule has 2 aromatic carbocycles. The van der Waals surface area contributed by atoms with Gasteiger partial charge < -0.3 is 24.5 Å². The summed E-state index contributed by atoms with van der Waals surface area (Å²) in [6.45, 7) is 0.857. The smallest absolute Gasteiger partial charge is 0.306 e. The van der Waals surface area contributed by atoms with Gasteiger partial charge in [0.15, 0.2) is 18.1 Å². The second-order valence-electron chi connectivity index (χ2n) is 7.13. The number of ether oxygens (including phenoxy) is 3. The molecule has 7 heteroatoms. The van der Waals surface area contributed by atoms with E-state index in [0.717, 1.165) is 18.4 Å². The molecule has 1 aliphatic heterocycles. The normalized spacial score (nSPS) is 12.9. The molecule has 0 spiro atoms. The van der Waals surface area contributed by atoms with Gasteiger partial charge in [-0.3, -0.25) is 9.59 Å². The molecule has 2 N–H and O–H groups in total. The summed E-state index contributed by atoms with van der Waals surface area (Å²) < 4.78 is 16.3. The van der Waals surface area contributed by atoms with Crippen LogP contribution in [0.5, 0.6) is 11.5 Å². The van der Waals surface area contributed by atoms with Gasteiger partial charge in [-0.2, -0.15) is 0 Å². The van der Waals surface area contributed by atoms with Crippen LogP contribution in [-0.4, -0.2) is 36.7 Å². The zero-order valence-electron chi connectivity index (χ0n) is 16.6. The summed E-state index contributed by atoms with van der Waals surface area (Å²) in [5.41, 5.74) is 2.83. The van der Waals surface area contributed by atoms with Gasteiger partial charge in [0, 0.05) is 41.7 Å². The fraction of sp³-hybridized carbons (Fsp3) is 0.304. The first-order valence-electron chi connectivity index (χ1n) is 10.1. The second kappa shape index (κ2) is 9.35. The Labute approximate surface area is 174 Å². The van der Waals surface area contributed by atoms with Crippen molar-refractivity contribution in [1.82, 2.24) is 4.98 Å². The monoisotopic (exact) mass is 408 g/mol. The van der Waals surface area contributed by atoms with Gasteiger partial charge in [-0.05, 0) is 36.6 Å². The molecule has 0 radical (unpaired) electrons. The van der Waals surface area contributed by atoms with Crippen LogP contribution in [0.1, 0.15) is 24.8 Å². The highest BCUT2D eigenvalue weighted by Crippen LogP contribution is 2.32. The first kappa shape index (κ1) is 19.8. The molecule has 0 aliphatic carbocycles. The molecule has 4 rings (SSSR count). The topological polar surface area (TPSA) is 89.7 Å². The number of amides is 1. The van der Waals surface area contributed by atoms with Gasteiger partial charge in [-0.25, -0.2) is 0 Å². The number of nitrogens with one attached hydrogen (secondary N) is 2. The number of rotatable bonds is 7. The summed E-state index contributed by atoms with van der Waals surface area (Å²) in [5, 5.41) is 3.88. The highest BCUT2D eigenvalue weighted by atomic mass is 16.5. The Bertz CT molecular complexity index is 1040. The standard InChI is InChI=1S/C23H24N2O5/c26-22(25-17-9-10-20-21(13-17)29-12-4-11-28-20)15-30-23(27)8-3-5-16-14-24-19-7-2-1-6-18(16)19/h1-2,6-7,9-10,13-14,24H,3-5,8,11-12,15H2,(H,25,26). The third-order valence-corrected chi connectivity index (χ3v) is 4.90. The van der Waals surface area contributed by atoms with Gasteiger partial charge in [-0.1, -0.05) is 18.2 Å². The van der Waals surface area contributed by atoms with Gasteiger partial charge in [0.2, 0.25) is 0 Å². The molecule has 0 atom stereocenters. The molecule has 0 unspecified atom stereocenters. The second-order valence-corrected chi connectivity index (χ2v) is 7.13. The SMILES string of the molecule is O=C(COC(=O)CCCc1c[nH]c2ccccc12)Nc1ccc2c(c1)OCCCO2. The van der Waals surface area contributed by atoms with Crippen molar-refractivity contribution < 1.29 is 23.8 Å². The Morgan fingerprint density at radius 2 is 1.90 bits per heavy atom. The maximum absolute atomic E-state index is 12.1. The Balaban J connectivity index is 1.20. The number of hydrogen-bond donors (Lipinski definition) is 2. The first-order valence-corrected chi connectivity index (χ1v) is 10.1. The predicted molar refractivity (Wildman–Crippen MR) is 113 cm³/mol. The van der Waals surface area contributed by atoms with Gasteiger partial charge in [0.1, 0.15) is 0 Å². The number of esters is 1. The average molecular weight is 408 g/mol. The van der Waals surface area contributed by atoms with Crippen LogP contribution in [0.3, 0.4) is 0 Å². The molecule has 2 heterocycles. The third kappa shape index (κ3) is 4.92. The number of H-pyrrole nitrogens is 1. The fourth-order valence-electron chi connectivity index (χ4n) is 3.42. The number of fused-ring (bicyclic) bond motifs is 2. The lowest BCUT2D eigenvalue weighted by atomic mass is 10.1. The summed E-state index contributed by atoms with van der Waals surface area (Å²) in [6, 6.07) is 13.3. The van der Waals surface area contributed by atoms with Crippen LogP contribution < -0.4 is 14.8 Å². The Hall–Kier alpha value is -3.48. The van der Waals surface area contributed by atoms with Crippen molar-refractivity contribution in [3.63, 3.8) is 0 Å². The van der Waals surface area contributed by atoms with E-state index in [1.807, 2.05) is 24.4 Å². The van der Waals surface area contributed by atoms with Crippen LogP contribution >= 0.6 is 0 Å². The molecule has 1 amide bonds. The summed E-state index contributed by atoms with van der Waals surface area (Å²) in [7, 11) is 0. The summed E-state index contributed by atoms with van der Waals surface area (Å²) in [4.78, 5) is 27.3. The van der Waals surface area contributed by atoms with Gasteiger partial charge >= 0.3 is 5.97 Å². The van der Waals surface area contributed by atoms with Crippen LogP contribution in [0.2, 0.25) is 0 Å². The van der Waals surface area contributed by atoms with Crippen molar-refractivity contribution >= 4 is 28.5 Å². The maximum Gasteiger partial charge on any atom is 0.306 e. The van der Waals surface area contributed by atoms with Crippen LogP contribution in [0.25, 0.3) is 10.9 Å². The Morgan fingerprint density at radius 1 is 1.07 bits per heavy atom. The van der Waals surface area contributed by atoms with Crippen molar-refractivity contribution in [2.24, 2.45) is 0 Å². The van der Waals surface area contributed by atoms with Crippen molar-refractivity contribution in [2.75, 3.05) is 25.1 Å². The Morgan fingerprint density at radius 3 is 2.80 bits per heavy atom. The van der Waals surface area contributed by atoms with E-state index in [-0.39, 0.29) is 19.0 Å². The molecular weight excluding hydrogens is 384 g/mol. The van der Waals surface area contributed by atoms with E-state index in [0.29, 0.717) is 36.8 Å². The molecule has 30 heavy (non-hydrogen) atoms.